The number of aliphatic hydroxyl groups excluding tert-OH is 1. The van der Waals surface area contributed by atoms with Crippen LogP contribution >= 0.6 is 0 Å². The Bertz CT molecular complexity index is 84.6. The van der Waals surface area contributed by atoms with Gasteiger partial charge in [-0.3, -0.25) is 0 Å². The fourth-order valence-corrected chi connectivity index (χ4v) is 0.585. The normalized spacial score (nSPS) is 12.0. The van der Waals surface area contributed by atoms with Gasteiger partial charge in [0.25, 0.3) is 0 Å². The second-order valence-electron chi connectivity index (χ2n) is 2.03. The van der Waals surface area contributed by atoms with E-state index in [4.69, 9.17) is 5.11 Å². The van der Waals surface area contributed by atoms with E-state index in [2.05, 4.69) is 6.92 Å². The Morgan fingerprint density at radius 1 is 1.44 bits per heavy atom. The summed E-state index contributed by atoms with van der Waals surface area (Å²) in [5.74, 6) is 0.430. The van der Waals surface area contributed by atoms with Crippen molar-refractivity contribution < 1.29 is 5.11 Å². The van der Waals surface area contributed by atoms with E-state index >= 15 is 0 Å². The SMILES string of the molecule is CC[CH]/C(O)=C/CCC. The highest BCUT2D eigenvalue weighted by molar-refractivity contribution is 5.02. The maximum Gasteiger partial charge on any atom is 0.0920 e. The summed E-state index contributed by atoms with van der Waals surface area (Å²) in [7, 11) is 0. The summed E-state index contributed by atoms with van der Waals surface area (Å²) in [5, 5.41) is 8.99. The van der Waals surface area contributed by atoms with Gasteiger partial charge in [0.2, 0.25) is 0 Å². The highest BCUT2D eigenvalue weighted by Crippen LogP contribution is 2.00. The largest absolute Gasteiger partial charge is 0.512 e. The molecule has 0 bridgehead atoms. The summed E-state index contributed by atoms with van der Waals surface area (Å²) < 4.78 is 0. The van der Waals surface area contributed by atoms with E-state index < -0.39 is 0 Å². The van der Waals surface area contributed by atoms with Crippen LogP contribution in [-0.4, -0.2) is 5.11 Å². The fourth-order valence-electron chi connectivity index (χ4n) is 0.585. The average molecular weight is 127 g/mol. The van der Waals surface area contributed by atoms with Crippen LogP contribution in [0.25, 0.3) is 0 Å². The molecule has 0 aliphatic carbocycles. The molecule has 1 N–H and O–H groups in total. The molecule has 0 aromatic heterocycles. The topological polar surface area (TPSA) is 20.2 Å². The van der Waals surface area contributed by atoms with Crippen molar-refractivity contribution in [1.29, 1.82) is 0 Å². The maximum atomic E-state index is 8.99. The molecule has 0 fully saturated rings. The second-order valence-corrected chi connectivity index (χ2v) is 2.03. The quantitative estimate of drug-likeness (QED) is 0.576. The second kappa shape index (κ2) is 5.67. The number of hydrogen-bond donors (Lipinski definition) is 1. The zero-order valence-electron chi connectivity index (χ0n) is 6.22. The molecule has 0 aromatic rings. The number of hydrogen-bond acceptors (Lipinski definition) is 1. The Morgan fingerprint density at radius 3 is 2.56 bits per heavy atom. The maximum absolute atomic E-state index is 8.99. The summed E-state index contributed by atoms with van der Waals surface area (Å²) in [6.45, 7) is 4.10. The molecule has 0 aliphatic heterocycles. The molecule has 53 valence electrons. The first-order chi connectivity index (χ1) is 4.31. The van der Waals surface area contributed by atoms with Crippen molar-refractivity contribution >= 4 is 0 Å². The smallest absolute Gasteiger partial charge is 0.0920 e. The van der Waals surface area contributed by atoms with Crippen LogP contribution in [-0.2, 0) is 0 Å². The van der Waals surface area contributed by atoms with Crippen LogP contribution in [0.5, 0.6) is 0 Å². The predicted octanol–water partition coefficient (Wildman–Crippen LogP) is 2.84. The molecule has 1 radical (unpaired) electrons. The standard InChI is InChI=1S/C8H15O/c1-3-5-7-8(9)6-4-2/h6-7,9H,3-5H2,1-2H3/b8-7-. The van der Waals surface area contributed by atoms with Gasteiger partial charge in [-0.2, -0.15) is 0 Å². The van der Waals surface area contributed by atoms with Crippen LogP contribution in [0.2, 0.25) is 0 Å². The van der Waals surface area contributed by atoms with E-state index in [1.165, 1.54) is 0 Å². The molecular weight excluding hydrogens is 112 g/mol. The van der Waals surface area contributed by atoms with Gasteiger partial charge >= 0.3 is 0 Å². The van der Waals surface area contributed by atoms with Crippen LogP contribution in [0.4, 0.5) is 0 Å². The van der Waals surface area contributed by atoms with Crippen LogP contribution in [0.15, 0.2) is 11.8 Å². The average Bonchev–Trinajstić information content (AvgIpc) is 1.85. The first kappa shape index (κ1) is 8.54. The minimum Gasteiger partial charge on any atom is -0.512 e. The number of allylic oxidation sites excluding steroid dienone is 2. The third-order valence-corrected chi connectivity index (χ3v) is 1.06. The molecule has 0 aliphatic rings. The number of unbranched alkanes of at least 4 members (excludes halogenated alkanes) is 1. The van der Waals surface area contributed by atoms with E-state index in [1.807, 2.05) is 19.4 Å². The minimum atomic E-state index is 0.430. The van der Waals surface area contributed by atoms with E-state index in [-0.39, 0.29) is 0 Å². The molecule has 0 unspecified atom stereocenters. The third-order valence-electron chi connectivity index (χ3n) is 1.06. The first-order valence-corrected chi connectivity index (χ1v) is 3.53. The van der Waals surface area contributed by atoms with Crippen molar-refractivity contribution in [3.63, 3.8) is 0 Å². The van der Waals surface area contributed by atoms with E-state index in [0.29, 0.717) is 5.76 Å². The Hall–Kier alpha value is -0.460. The van der Waals surface area contributed by atoms with Gasteiger partial charge in [0.1, 0.15) is 0 Å². The molecule has 0 heterocycles. The highest BCUT2D eigenvalue weighted by Gasteiger charge is 1.87. The van der Waals surface area contributed by atoms with Crippen molar-refractivity contribution in [2.75, 3.05) is 0 Å². The molecule has 1 heteroatoms. The van der Waals surface area contributed by atoms with Crippen LogP contribution in [0.1, 0.15) is 33.1 Å². The van der Waals surface area contributed by atoms with E-state index in [0.717, 1.165) is 19.3 Å². The molecule has 0 atom stereocenters. The van der Waals surface area contributed by atoms with Crippen LogP contribution < -0.4 is 0 Å². The Labute approximate surface area is 57.4 Å². The molecule has 9 heavy (non-hydrogen) atoms. The fraction of sp³-hybridized carbons (Fsp3) is 0.625. The summed E-state index contributed by atoms with van der Waals surface area (Å²) >= 11 is 0. The minimum absolute atomic E-state index is 0.430. The lowest BCUT2D eigenvalue weighted by molar-refractivity contribution is 0.414. The van der Waals surface area contributed by atoms with Crippen molar-refractivity contribution in [3.05, 3.63) is 18.3 Å². The molecule has 0 aromatic carbocycles. The van der Waals surface area contributed by atoms with Crippen molar-refractivity contribution in [2.24, 2.45) is 0 Å². The van der Waals surface area contributed by atoms with Crippen molar-refractivity contribution in [3.8, 4) is 0 Å². The highest BCUT2D eigenvalue weighted by atomic mass is 16.3. The molecular formula is C8H15O. The van der Waals surface area contributed by atoms with E-state index in [9.17, 15) is 0 Å². The third kappa shape index (κ3) is 5.41. The molecule has 0 rings (SSSR count). The Balaban J connectivity index is 3.30. The summed E-state index contributed by atoms with van der Waals surface area (Å²) in [5.41, 5.74) is 0. The summed E-state index contributed by atoms with van der Waals surface area (Å²) in [6.07, 6.45) is 6.65. The molecule has 0 amide bonds. The van der Waals surface area contributed by atoms with Crippen molar-refractivity contribution in [2.45, 2.75) is 33.1 Å². The van der Waals surface area contributed by atoms with Crippen LogP contribution in [0.3, 0.4) is 0 Å². The van der Waals surface area contributed by atoms with Gasteiger partial charge in [0.15, 0.2) is 0 Å². The summed E-state index contributed by atoms with van der Waals surface area (Å²) in [6, 6.07) is 0. The lowest BCUT2D eigenvalue weighted by atomic mass is 10.2. The molecule has 0 spiro atoms. The Kier molecular flexibility index (Phi) is 5.38. The lowest BCUT2D eigenvalue weighted by Crippen LogP contribution is -1.80. The predicted molar refractivity (Wildman–Crippen MR) is 40.2 cm³/mol. The van der Waals surface area contributed by atoms with Gasteiger partial charge in [0, 0.05) is 6.42 Å². The molecule has 1 nitrogen and oxygen atoms in total. The Morgan fingerprint density at radius 2 is 2.11 bits per heavy atom. The van der Waals surface area contributed by atoms with Crippen molar-refractivity contribution in [1.82, 2.24) is 0 Å². The number of rotatable bonds is 4. The molecule has 0 saturated carbocycles. The van der Waals surface area contributed by atoms with Gasteiger partial charge in [-0.1, -0.05) is 20.3 Å². The zero-order chi connectivity index (χ0) is 7.11. The van der Waals surface area contributed by atoms with Gasteiger partial charge in [0.05, 0.1) is 5.76 Å². The van der Waals surface area contributed by atoms with Gasteiger partial charge in [-0.25, -0.2) is 0 Å². The monoisotopic (exact) mass is 127 g/mol. The molecule has 0 saturated heterocycles. The van der Waals surface area contributed by atoms with Gasteiger partial charge in [-0.05, 0) is 18.9 Å². The van der Waals surface area contributed by atoms with Gasteiger partial charge in [-0.15, -0.1) is 0 Å². The summed E-state index contributed by atoms with van der Waals surface area (Å²) in [4.78, 5) is 0. The lowest BCUT2D eigenvalue weighted by Gasteiger charge is -1.93. The number of aliphatic hydroxyl groups is 1. The van der Waals surface area contributed by atoms with Crippen LogP contribution in [0, 0.1) is 6.42 Å². The zero-order valence-corrected chi connectivity index (χ0v) is 6.22. The van der Waals surface area contributed by atoms with E-state index in [1.54, 1.807) is 0 Å². The van der Waals surface area contributed by atoms with Gasteiger partial charge < -0.3 is 5.11 Å². The first-order valence-electron chi connectivity index (χ1n) is 3.53.